The van der Waals surface area contributed by atoms with E-state index in [9.17, 15) is 14.9 Å². The number of fused-ring (bicyclic) bond motifs is 2. The molecule has 2 fully saturated rings. The van der Waals surface area contributed by atoms with Crippen LogP contribution in [-0.2, 0) is 22.4 Å². The SMILES string of the molecule is N#Cc1cccc2c1CC(CN[C@H]1C[C@]3(CN(c4ccc5c(n4)NC(=O)CO5)C(=O)O3)C1)C2. The van der Waals surface area contributed by atoms with E-state index in [1.54, 1.807) is 12.1 Å². The van der Waals surface area contributed by atoms with Gasteiger partial charge in [0.05, 0.1) is 18.2 Å². The van der Waals surface area contributed by atoms with Crippen LogP contribution in [-0.4, -0.2) is 48.3 Å². The van der Waals surface area contributed by atoms with Gasteiger partial charge < -0.3 is 20.1 Å². The van der Waals surface area contributed by atoms with Gasteiger partial charge in [0, 0.05) is 18.9 Å². The number of nitrogens with zero attached hydrogens (tertiary/aromatic N) is 3. The number of pyridine rings is 1. The van der Waals surface area contributed by atoms with Crippen molar-refractivity contribution in [1.82, 2.24) is 10.3 Å². The van der Waals surface area contributed by atoms with Gasteiger partial charge in [-0.3, -0.25) is 9.69 Å². The lowest BCUT2D eigenvalue weighted by molar-refractivity contribution is -0.118. The number of ether oxygens (including phenoxy) is 2. The van der Waals surface area contributed by atoms with Gasteiger partial charge in [-0.25, -0.2) is 9.78 Å². The first-order valence-electron chi connectivity index (χ1n) is 11.2. The van der Waals surface area contributed by atoms with E-state index < -0.39 is 11.7 Å². The minimum Gasteiger partial charge on any atom is -0.480 e. The molecule has 1 saturated carbocycles. The Bertz CT molecular complexity index is 1200. The van der Waals surface area contributed by atoms with Crippen LogP contribution in [0.1, 0.15) is 29.5 Å². The van der Waals surface area contributed by atoms with Crippen molar-refractivity contribution < 1.29 is 19.1 Å². The maximum atomic E-state index is 12.6. The number of nitriles is 1. The summed E-state index contributed by atoms with van der Waals surface area (Å²) in [5.74, 6) is 1.46. The minimum absolute atomic E-state index is 0.0380. The van der Waals surface area contributed by atoms with Gasteiger partial charge in [-0.2, -0.15) is 5.26 Å². The number of anilines is 2. The van der Waals surface area contributed by atoms with Crippen molar-refractivity contribution >= 4 is 23.6 Å². The van der Waals surface area contributed by atoms with E-state index in [0.717, 1.165) is 37.8 Å². The zero-order valence-electron chi connectivity index (χ0n) is 18.0. The van der Waals surface area contributed by atoms with Gasteiger partial charge in [0.25, 0.3) is 5.91 Å². The minimum atomic E-state index is -0.501. The van der Waals surface area contributed by atoms with E-state index >= 15 is 0 Å². The van der Waals surface area contributed by atoms with E-state index in [2.05, 4.69) is 27.8 Å². The van der Waals surface area contributed by atoms with Crippen molar-refractivity contribution in [2.45, 2.75) is 37.3 Å². The molecule has 3 heterocycles. The standard InChI is InChI=1S/C24H23N5O4/c25-10-16-3-1-2-15-6-14(7-18(15)16)11-26-17-8-24(9-17)13-29(23(31)33-24)20-5-4-19-22(27-20)28-21(30)12-32-19/h1-5,14,17,26H,6-9,11-13H2,(H,27,28,30)/t14?,17-,24+. The van der Waals surface area contributed by atoms with Crippen LogP contribution in [0, 0.1) is 17.2 Å². The number of hydrogen-bond donors (Lipinski definition) is 2. The Hall–Kier alpha value is -3.64. The second-order valence-corrected chi connectivity index (χ2v) is 9.33. The summed E-state index contributed by atoms with van der Waals surface area (Å²) in [5.41, 5.74) is 2.76. The van der Waals surface area contributed by atoms with Crippen molar-refractivity contribution in [2.24, 2.45) is 5.92 Å². The second kappa shape index (κ2) is 7.46. The quantitative estimate of drug-likeness (QED) is 0.741. The number of aromatic nitrogens is 1. The molecule has 2 aliphatic carbocycles. The number of hydrogen-bond acceptors (Lipinski definition) is 7. The van der Waals surface area contributed by atoms with E-state index in [0.29, 0.717) is 35.9 Å². The Balaban J connectivity index is 1.05. The van der Waals surface area contributed by atoms with Crippen molar-refractivity contribution in [3.8, 4) is 11.8 Å². The van der Waals surface area contributed by atoms with Crippen molar-refractivity contribution in [3.63, 3.8) is 0 Å². The molecule has 9 nitrogen and oxygen atoms in total. The Labute approximate surface area is 190 Å². The fraction of sp³-hybridized carbons (Fsp3) is 0.417. The number of carbonyl (C=O) groups is 2. The van der Waals surface area contributed by atoms with E-state index in [4.69, 9.17) is 9.47 Å². The highest BCUT2D eigenvalue weighted by molar-refractivity contribution is 5.95. The van der Waals surface area contributed by atoms with Crippen LogP contribution < -0.4 is 20.3 Å². The maximum Gasteiger partial charge on any atom is 0.416 e. The number of carbonyl (C=O) groups excluding carboxylic acids is 2. The molecule has 6 rings (SSSR count). The molecule has 4 aliphatic rings. The Kier molecular flexibility index (Phi) is 4.52. The fourth-order valence-electron chi connectivity index (χ4n) is 5.42. The Morgan fingerprint density at radius 3 is 2.97 bits per heavy atom. The molecule has 0 radical (unpaired) electrons. The first-order chi connectivity index (χ1) is 16.0. The van der Waals surface area contributed by atoms with Crippen LogP contribution in [0.4, 0.5) is 16.4 Å². The molecule has 1 saturated heterocycles. The van der Waals surface area contributed by atoms with Crippen LogP contribution in [0.2, 0.25) is 0 Å². The monoisotopic (exact) mass is 445 g/mol. The number of rotatable bonds is 4. The summed E-state index contributed by atoms with van der Waals surface area (Å²) < 4.78 is 11.1. The Morgan fingerprint density at radius 1 is 1.24 bits per heavy atom. The lowest BCUT2D eigenvalue weighted by Crippen LogP contribution is -2.56. The molecule has 1 unspecified atom stereocenters. The Morgan fingerprint density at radius 2 is 2.12 bits per heavy atom. The highest BCUT2D eigenvalue weighted by Crippen LogP contribution is 2.43. The summed E-state index contributed by atoms with van der Waals surface area (Å²) in [6, 6.07) is 12.0. The van der Waals surface area contributed by atoms with Gasteiger partial charge >= 0.3 is 6.09 Å². The molecule has 9 heteroatoms. The summed E-state index contributed by atoms with van der Waals surface area (Å²) >= 11 is 0. The smallest absolute Gasteiger partial charge is 0.416 e. The van der Waals surface area contributed by atoms with Crippen LogP contribution in [0.25, 0.3) is 0 Å². The van der Waals surface area contributed by atoms with Gasteiger partial charge in [-0.15, -0.1) is 0 Å². The molecule has 1 aromatic carbocycles. The molecule has 2 amide bonds. The summed E-state index contributed by atoms with van der Waals surface area (Å²) in [4.78, 5) is 30.1. The van der Waals surface area contributed by atoms with Gasteiger partial charge in [-0.05, 0) is 54.6 Å². The lowest BCUT2D eigenvalue weighted by Gasteiger charge is -2.43. The zero-order chi connectivity index (χ0) is 22.6. The largest absolute Gasteiger partial charge is 0.480 e. The summed E-state index contributed by atoms with van der Waals surface area (Å²) in [6.07, 6.45) is 3.01. The third-order valence-electron chi connectivity index (χ3n) is 7.03. The highest BCUT2D eigenvalue weighted by Gasteiger charge is 2.54. The van der Waals surface area contributed by atoms with Crippen LogP contribution in [0.5, 0.6) is 5.75 Å². The molecule has 1 atom stereocenters. The van der Waals surface area contributed by atoms with Gasteiger partial charge in [-0.1, -0.05) is 12.1 Å². The van der Waals surface area contributed by atoms with Crippen LogP contribution in [0.3, 0.4) is 0 Å². The number of amides is 2. The van der Waals surface area contributed by atoms with Crippen molar-refractivity contribution in [3.05, 3.63) is 47.0 Å². The zero-order valence-corrected chi connectivity index (χ0v) is 18.0. The summed E-state index contributed by atoms with van der Waals surface area (Å²) in [5, 5.41) is 15.6. The van der Waals surface area contributed by atoms with Crippen molar-refractivity contribution in [2.75, 3.05) is 29.9 Å². The van der Waals surface area contributed by atoms with Crippen LogP contribution in [0.15, 0.2) is 30.3 Å². The van der Waals surface area contributed by atoms with Gasteiger partial charge in [0.2, 0.25) is 0 Å². The molecular formula is C24H23N5O4. The normalized spacial score (nSPS) is 27.2. The fourth-order valence-corrected chi connectivity index (χ4v) is 5.42. The predicted octanol–water partition coefficient (Wildman–Crippen LogP) is 2.15. The molecule has 168 valence electrons. The van der Waals surface area contributed by atoms with Gasteiger partial charge in [0.15, 0.2) is 18.2 Å². The second-order valence-electron chi connectivity index (χ2n) is 9.33. The molecular weight excluding hydrogens is 422 g/mol. The molecule has 0 bridgehead atoms. The third kappa shape index (κ3) is 3.47. The average molecular weight is 445 g/mol. The lowest BCUT2D eigenvalue weighted by atomic mass is 9.75. The molecule has 33 heavy (non-hydrogen) atoms. The average Bonchev–Trinajstić information content (AvgIpc) is 3.37. The number of nitrogens with one attached hydrogen (secondary N) is 2. The topological polar surface area (TPSA) is 117 Å². The molecule has 1 spiro atoms. The molecule has 2 N–H and O–H groups in total. The summed E-state index contributed by atoms with van der Waals surface area (Å²) in [7, 11) is 0. The van der Waals surface area contributed by atoms with Crippen LogP contribution >= 0.6 is 0 Å². The maximum absolute atomic E-state index is 12.6. The molecule has 2 aliphatic heterocycles. The van der Waals surface area contributed by atoms with Gasteiger partial charge in [0.1, 0.15) is 11.4 Å². The summed E-state index contributed by atoms with van der Waals surface area (Å²) in [6.45, 7) is 1.28. The molecule has 1 aromatic heterocycles. The number of benzene rings is 1. The van der Waals surface area contributed by atoms with Crippen molar-refractivity contribution in [1.29, 1.82) is 5.26 Å². The van der Waals surface area contributed by atoms with E-state index in [-0.39, 0.29) is 12.5 Å². The predicted molar refractivity (Wildman–Crippen MR) is 118 cm³/mol. The first-order valence-corrected chi connectivity index (χ1v) is 11.2. The molecule has 2 aromatic rings. The highest BCUT2D eigenvalue weighted by atomic mass is 16.6. The van der Waals surface area contributed by atoms with E-state index in [1.807, 2.05) is 12.1 Å². The third-order valence-corrected chi connectivity index (χ3v) is 7.03. The first kappa shape index (κ1) is 20.0. The van der Waals surface area contributed by atoms with E-state index in [1.165, 1.54) is 16.0 Å².